The summed E-state index contributed by atoms with van der Waals surface area (Å²) in [6.45, 7) is 7.62. The summed E-state index contributed by atoms with van der Waals surface area (Å²) in [5.41, 5.74) is 1.12. The van der Waals surface area contributed by atoms with Gasteiger partial charge in [0.2, 0.25) is 0 Å². The molecular formula is C15H25N3O2. The Hall–Kier alpha value is -1.75. The van der Waals surface area contributed by atoms with E-state index in [4.69, 9.17) is 5.11 Å². The summed E-state index contributed by atoms with van der Waals surface area (Å²) in [6.07, 6.45) is 0. The Kier molecular flexibility index (Phi) is 5.39. The highest BCUT2D eigenvalue weighted by molar-refractivity contribution is 5.90. The first-order chi connectivity index (χ1) is 9.25. The van der Waals surface area contributed by atoms with Gasteiger partial charge in [0.05, 0.1) is 12.1 Å². The highest BCUT2D eigenvalue weighted by atomic mass is 16.3. The van der Waals surface area contributed by atoms with E-state index in [0.717, 1.165) is 11.4 Å². The van der Waals surface area contributed by atoms with Gasteiger partial charge in [0.25, 0.3) is 0 Å². The van der Waals surface area contributed by atoms with Crippen molar-refractivity contribution in [2.75, 3.05) is 23.9 Å². The van der Waals surface area contributed by atoms with Crippen LogP contribution in [0.15, 0.2) is 24.3 Å². The number of nitrogens with one attached hydrogen (secondary N) is 2. The van der Waals surface area contributed by atoms with E-state index in [1.54, 1.807) is 13.8 Å². The second-order valence-electron chi connectivity index (χ2n) is 5.88. The molecule has 1 rings (SSSR count). The van der Waals surface area contributed by atoms with Crippen LogP contribution >= 0.6 is 0 Å². The number of urea groups is 1. The second-order valence-corrected chi connectivity index (χ2v) is 5.88. The normalized spacial score (nSPS) is 11.3. The number of benzene rings is 1. The van der Waals surface area contributed by atoms with Gasteiger partial charge in [-0.2, -0.15) is 0 Å². The van der Waals surface area contributed by atoms with Crippen LogP contribution in [0.5, 0.6) is 0 Å². The van der Waals surface area contributed by atoms with Crippen LogP contribution in [0, 0.1) is 0 Å². The van der Waals surface area contributed by atoms with Crippen molar-refractivity contribution in [3.8, 4) is 0 Å². The van der Waals surface area contributed by atoms with Crippen molar-refractivity contribution in [2.24, 2.45) is 0 Å². The molecule has 20 heavy (non-hydrogen) atoms. The quantitative estimate of drug-likeness (QED) is 0.775. The van der Waals surface area contributed by atoms with Crippen LogP contribution in [-0.4, -0.2) is 36.4 Å². The number of hydrogen-bond acceptors (Lipinski definition) is 3. The number of amides is 2. The van der Waals surface area contributed by atoms with Crippen LogP contribution in [0.25, 0.3) is 0 Å². The molecule has 0 unspecified atom stereocenters. The lowest BCUT2D eigenvalue weighted by molar-refractivity contribution is 0.187. The Labute approximate surface area is 121 Å². The lowest BCUT2D eigenvalue weighted by Gasteiger charge is -2.25. The van der Waals surface area contributed by atoms with Gasteiger partial charge in [0.15, 0.2) is 0 Å². The van der Waals surface area contributed by atoms with Gasteiger partial charge in [-0.3, -0.25) is 0 Å². The molecule has 0 fully saturated rings. The summed E-state index contributed by atoms with van der Waals surface area (Å²) in [6, 6.07) is 7.72. The zero-order valence-electron chi connectivity index (χ0n) is 12.9. The van der Waals surface area contributed by atoms with Crippen molar-refractivity contribution in [1.82, 2.24) is 5.32 Å². The fourth-order valence-corrected chi connectivity index (χ4v) is 1.61. The standard InChI is InChI=1S/C15H25N3O2/c1-11(2)18(5)13-8-6-7-12(9-13)16-14(20)17-15(3,4)10-19/h6-9,11,19H,10H2,1-5H3,(H2,16,17,20). The van der Waals surface area contributed by atoms with Gasteiger partial charge < -0.3 is 20.6 Å². The molecule has 0 radical (unpaired) electrons. The van der Waals surface area contributed by atoms with Gasteiger partial charge in [0, 0.05) is 24.5 Å². The number of carbonyl (C=O) groups is 1. The van der Waals surface area contributed by atoms with E-state index in [1.165, 1.54) is 0 Å². The van der Waals surface area contributed by atoms with Gasteiger partial charge in [0.1, 0.15) is 0 Å². The highest BCUT2D eigenvalue weighted by Gasteiger charge is 2.19. The number of anilines is 2. The summed E-state index contributed by atoms with van der Waals surface area (Å²) in [5, 5.41) is 14.6. The Morgan fingerprint density at radius 1 is 1.40 bits per heavy atom. The molecule has 2 amide bonds. The maximum absolute atomic E-state index is 11.9. The smallest absolute Gasteiger partial charge is 0.319 e. The molecule has 0 aliphatic rings. The van der Waals surface area contributed by atoms with Crippen molar-refractivity contribution in [1.29, 1.82) is 0 Å². The molecule has 0 aliphatic heterocycles. The van der Waals surface area contributed by atoms with E-state index in [9.17, 15) is 4.79 Å². The van der Waals surface area contributed by atoms with E-state index in [-0.39, 0.29) is 12.6 Å². The number of nitrogens with zero attached hydrogens (tertiary/aromatic N) is 1. The Morgan fingerprint density at radius 2 is 2.05 bits per heavy atom. The molecule has 3 N–H and O–H groups in total. The number of rotatable bonds is 5. The minimum atomic E-state index is -0.642. The average Bonchev–Trinajstić information content (AvgIpc) is 2.37. The lowest BCUT2D eigenvalue weighted by Crippen LogP contribution is -2.48. The summed E-state index contributed by atoms with van der Waals surface area (Å²) >= 11 is 0. The fraction of sp³-hybridized carbons (Fsp3) is 0.533. The molecule has 0 saturated heterocycles. The molecule has 1 aromatic rings. The van der Waals surface area contributed by atoms with E-state index in [2.05, 4.69) is 29.4 Å². The van der Waals surface area contributed by atoms with E-state index in [0.29, 0.717) is 6.04 Å². The van der Waals surface area contributed by atoms with Gasteiger partial charge in [-0.1, -0.05) is 6.07 Å². The van der Waals surface area contributed by atoms with Crippen molar-refractivity contribution in [2.45, 2.75) is 39.3 Å². The molecule has 1 aromatic carbocycles. The summed E-state index contributed by atoms with van der Waals surface area (Å²) in [4.78, 5) is 14.0. The molecule has 112 valence electrons. The van der Waals surface area contributed by atoms with E-state index >= 15 is 0 Å². The fourth-order valence-electron chi connectivity index (χ4n) is 1.61. The second kappa shape index (κ2) is 6.61. The molecule has 0 heterocycles. The van der Waals surface area contributed by atoms with Gasteiger partial charge >= 0.3 is 6.03 Å². The van der Waals surface area contributed by atoms with Crippen LogP contribution in [0.1, 0.15) is 27.7 Å². The lowest BCUT2D eigenvalue weighted by atomic mass is 10.1. The molecule has 0 bridgehead atoms. The third kappa shape index (κ3) is 4.74. The maximum atomic E-state index is 11.9. The first-order valence-electron chi connectivity index (χ1n) is 6.78. The largest absolute Gasteiger partial charge is 0.394 e. The van der Waals surface area contributed by atoms with Crippen molar-refractivity contribution in [3.63, 3.8) is 0 Å². The maximum Gasteiger partial charge on any atom is 0.319 e. The molecule has 5 nitrogen and oxygen atoms in total. The molecule has 0 atom stereocenters. The first-order valence-corrected chi connectivity index (χ1v) is 6.78. The predicted molar refractivity (Wildman–Crippen MR) is 83.3 cm³/mol. The predicted octanol–water partition coefficient (Wildman–Crippen LogP) is 2.42. The third-order valence-electron chi connectivity index (χ3n) is 3.13. The van der Waals surface area contributed by atoms with E-state index < -0.39 is 5.54 Å². The topological polar surface area (TPSA) is 64.6 Å². The van der Waals surface area contributed by atoms with Crippen molar-refractivity contribution >= 4 is 17.4 Å². The Bertz CT molecular complexity index is 458. The molecule has 0 spiro atoms. The summed E-state index contributed by atoms with van der Waals surface area (Å²) < 4.78 is 0. The SMILES string of the molecule is CC(C)N(C)c1cccc(NC(=O)NC(C)(C)CO)c1. The Morgan fingerprint density at radius 3 is 2.60 bits per heavy atom. The number of carbonyl (C=O) groups excluding carboxylic acids is 1. The summed E-state index contributed by atoms with van der Waals surface area (Å²) in [7, 11) is 2.01. The number of aliphatic hydroxyl groups excluding tert-OH is 1. The van der Waals surface area contributed by atoms with Crippen LogP contribution in [0.2, 0.25) is 0 Å². The minimum Gasteiger partial charge on any atom is -0.394 e. The van der Waals surface area contributed by atoms with Gasteiger partial charge in [-0.05, 0) is 45.9 Å². The van der Waals surface area contributed by atoms with Crippen molar-refractivity contribution < 1.29 is 9.90 Å². The Balaban J connectivity index is 2.74. The van der Waals surface area contributed by atoms with Gasteiger partial charge in [-0.15, -0.1) is 0 Å². The minimum absolute atomic E-state index is 0.115. The first kappa shape index (κ1) is 16.3. The number of aliphatic hydroxyl groups is 1. The zero-order chi connectivity index (χ0) is 15.3. The van der Waals surface area contributed by atoms with Crippen LogP contribution in [0.3, 0.4) is 0 Å². The van der Waals surface area contributed by atoms with Crippen LogP contribution in [0.4, 0.5) is 16.2 Å². The molecule has 0 aliphatic carbocycles. The molecule has 0 aromatic heterocycles. The molecule has 5 heteroatoms. The zero-order valence-corrected chi connectivity index (χ0v) is 12.9. The van der Waals surface area contributed by atoms with Crippen molar-refractivity contribution in [3.05, 3.63) is 24.3 Å². The van der Waals surface area contributed by atoms with Crippen LogP contribution in [-0.2, 0) is 0 Å². The molecular weight excluding hydrogens is 254 g/mol. The third-order valence-corrected chi connectivity index (χ3v) is 3.13. The van der Waals surface area contributed by atoms with E-state index in [1.807, 2.05) is 31.3 Å². The van der Waals surface area contributed by atoms with Crippen LogP contribution < -0.4 is 15.5 Å². The van der Waals surface area contributed by atoms with Gasteiger partial charge in [-0.25, -0.2) is 4.79 Å². The monoisotopic (exact) mass is 279 g/mol. The highest BCUT2D eigenvalue weighted by Crippen LogP contribution is 2.20. The summed E-state index contributed by atoms with van der Waals surface area (Å²) in [5.74, 6) is 0. The molecule has 0 saturated carbocycles. The number of hydrogen-bond donors (Lipinski definition) is 3. The average molecular weight is 279 g/mol.